The Bertz CT molecular complexity index is 604. The van der Waals surface area contributed by atoms with Gasteiger partial charge in [-0.3, -0.25) is 4.98 Å². The first-order chi connectivity index (χ1) is 9.06. The van der Waals surface area contributed by atoms with Crippen molar-refractivity contribution in [3.8, 4) is 0 Å². The number of hydrogen-bond acceptors (Lipinski definition) is 2. The van der Waals surface area contributed by atoms with Gasteiger partial charge >= 0.3 is 0 Å². The maximum absolute atomic E-state index is 13.7. The molecule has 1 unspecified atom stereocenters. The maximum Gasteiger partial charge on any atom is 0.173 e. The van der Waals surface area contributed by atoms with Gasteiger partial charge in [-0.25, -0.2) is 13.2 Å². The molecule has 0 aliphatic carbocycles. The molecule has 1 aromatic carbocycles. The molecule has 6 heteroatoms. The lowest BCUT2D eigenvalue weighted by molar-refractivity contribution is 0.498. The number of nitrogens with zero attached hydrogens (tertiary/aromatic N) is 1. The second-order valence-corrected chi connectivity index (χ2v) is 4.68. The zero-order valence-electron chi connectivity index (χ0n) is 9.92. The molecule has 0 bridgehead atoms. The molecule has 1 aromatic heterocycles. The van der Waals surface area contributed by atoms with E-state index in [1.807, 2.05) is 0 Å². The van der Waals surface area contributed by atoms with Crippen LogP contribution in [0, 0.1) is 17.5 Å². The quantitative estimate of drug-likeness (QED) is 0.870. The molecule has 100 valence electrons. The molecule has 0 saturated heterocycles. The van der Waals surface area contributed by atoms with Gasteiger partial charge in [-0.1, -0.05) is 6.07 Å². The number of rotatable bonds is 3. The summed E-state index contributed by atoms with van der Waals surface area (Å²) < 4.78 is 40.4. The molecule has 0 fully saturated rings. The van der Waals surface area contributed by atoms with Gasteiger partial charge in [0.05, 0.1) is 16.7 Å². The van der Waals surface area contributed by atoms with Crippen LogP contribution in [0.3, 0.4) is 0 Å². The summed E-state index contributed by atoms with van der Waals surface area (Å²) >= 11 is 3.00. The third-order valence-corrected chi connectivity index (χ3v) is 3.59. The van der Waals surface area contributed by atoms with E-state index < -0.39 is 23.5 Å². The monoisotopic (exact) mass is 330 g/mol. The van der Waals surface area contributed by atoms with Crippen LogP contribution < -0.4 is 5.32 Å². The van der Waals surface area contributed by atoms with Gasteiger partial charge in [-0.15, -0.1) is 0 Å². The Kier molecular flexibility index (Phi) is 4.21. The average molecular weight is 331 g/mol. The highest BCUT2D eigenvalue weighted by Crippen LogP contribution is 2.32. The highest BCUT2D eigenvalue weighted by Gasteiger charge is 2.21. The molecule has 2 rings (SSSR count). The van der Waals surface area contributed by atoms with Gasteiger partial charge < -0.3 is 5.32 Å². The molecular weight excluding hydrogens is 321 g/mol. The van der Waals surface area contributed by atoms with E-state index in [2.05, 4.69) is 26.2 Å². The second kappa shape index (κ2) is 5.71. The molecule has 19 heavy (non-hydrogen) atoms. The fraction of sp³-hybridized carbons (Fsp3) is 0.154. The molecule has 0 aliphatic rings. The van der Waals surface area contributed by atoms with Crippen LogP contribution in [0.5, 0.6) is 0 Å². The second-order valence-electron chi connectivity index (χ2n) is 3.88. The number of benzene rings is 1. The Labute approximate surface area is 116 Å². The van der Waals surface area contributed by atoms with Crippen molar-refractivity contribution < 1.29 is 13.2 Å². The summed E-state index contributed by atoms with van der Waals surface area (Å²) in [6.07, 6.45) is 2.52. The molecule has 0 radical (unpaired) electrons. The number of pyridine rings is 1. The van der Waals surface area contributed by atoms with E-state index in [0.29, 0.717) is 11.1 Å². The molecule has 2 aromatic rings. The van der Waals surface area contributed by atoms with Crippen molar-refractivity contribution >= 4 is 15.9 Å². The largest absolute Gasteiger partial charge is 0.309 e. The predicted molar refractivity (Wildman–Crippen MR) is 69.2 cm³/mol. The van der Waals surface area contributed by atoms with Crippen LogP contribution in [-0.4, -0.2) is 12.0 Å². The van der Waals surface area contributed by atoms with Crippen molar-refractivity contribution in [2.75, 3.05) is 7.05 Å². The molecule has 0 saturated carbocycles. The minimum absolute atomic E-state index is 0.0249. The molecule has 2 nitrogen and oxygen atoms in total. The first-order valence-corrected chi connectivity index (χ1v) is 6.25. The number of hydrogen-bond donors (Lipinski definition) is 1. The average Bonchev–Trinajstić information content (AvgIpc) is 2.41. The first kappa shape index (κ1) is 14.0. The van der Waals surface area contributed by atoms with E-state index in [4.69, 9.17) is 0 Å². The van der Waals surface area contributed by atoms with E-state index in [0.717, 1.165) is 12.3 Å². The Balaban J connectivity index is 2.55. The van der Waals surface area contributed by atoms with Crippen molar-refractivity contribution in [2.24, 2.45) is 0 Å². The summed E-state index contributed by atoms with van der Waals surface area (Å²) in [4.78, 5) is 3.66. The lowest BCUT2D eigenvalue weighted by Crippen LogP contribution is -2.20. The van der Waals surface area contributed by atoms with Gasteiger partial charge in [0, 0.05) is 11.8 Å². The van der Waals surface area contributed by atoms with Gasteiger partial charge in [-0.2, -0.15) is 0 Å². The molecular formula is C13H10BrF3N2. The Morgan fingerprint density at radius 2 is 1.84 bits per heavy atom. The van der Waals surface area contributed by atoms with Crippen molar-refractivity contribution in [1.29, 1.82) is 0 Å². The summed E-state index contributed by atoms with van der Waals surface area (Å²) in [7, 11) is 1.61. The minimum atomic E-state index is -0.993. The lowest BCUT2D eigenvalue weighted by atomic mass is 9.99. The maximum atomic E-state index is 13.7. The SMILES string of the molecule is CNC(c1ccncc1F)c1ccc(F)c(F)c1Br. The van der Waals surface area contributed by atoms with Crippen molar-refractivity contribution in [2.45, 2.75) is 6.04 Å². The fourth-order valence-electron chi connectivity index (χ4n) is 1.86. The third kappa shape index (κ3) is 2.64. The smallest absolute Gasteiger partial charge is 0.173 e. The van der Waals surface area contributed by atoms with Gasteiger partial charge in [0.1, 0.15) is 5.82 Å². The molecule has 1 heterocycles. The van der Waals surface area contributed by atoms with Crippen molar-refractivity contribution in [3.63, 3.8) is 0 Å². The van der Waals surface area contributed by atoms with Crippen LogP contribution in [0.2, 0.25) is 0 Å². The zero-order chi connectivity index (χ0) is 14.0. The Morgan fingerprint density at radius 1 is 1.11 bits per heavy atom. The van der Waals surface area contributed by atoms with Crippen LogP contribution in [-0.2, 0) is 0 Å². The molecule has 0 aliphatic heterocycles. The Hall–Kier alpha value is -1.40. The molecule has 0 spiro atoms. The predicted octanol–water partition coefficient (Wildman–Crippen LogP) is 3.57. The summed E-state index contributed by atoms with van der Waals surface area (Å²) in [6.45, 7) is 0. The lowest BCUT2D eigenvalue weighted by Gasteiger charge is -2.19. The van der Waals surface area contributed by atoms with Crippen LogP contribution in [0.15, 0.2) is 35.1 Å². The van der Waals surface area contributed by atoms with Crippen LogP contribution in [0.25, 0.3) is 0 Å². The normalized spacial score (nSPS) is 12.5. The summed E-state index contributed by atoms with van der Waals surface area (Å²) in [6, 6.07) is 3.31. The van der Waals surface area contributed by atoms with Crippen LogP contribution >= 0.6 is 15.9 Å². The van der Waals surface area contributed by atoms with E-state index in [1.54, 1.807) is 7.05 Å². The van der Waals surface area contributed by atoms with Crippen molar-refractivity contribution in [3.05, 3.63) is 63.6 Å². The standard InChI is InChI=1S/C13H10BrF3N2/c1-18-13(7-4-5-19-6-10(7)16)8-2-3-9(15)12(17)11(8)14/h2-6,13,18H,1H3. The summed E-state index contributed by atoms with van der Waals surface area (Å²) in [5.41, 5.74) is 0.718. The highest BCUT2D eigenvalue weighted by molar-refractivity contribution is 9.10. The third-order valence-electron chi connectivity index (χ3n) is 2.78. The summed E-state index contributed by atoms with van der Waals surface area (Å²) in [5, 5.41) is 2.88. The molecule has 1 atom stereocenters. The van der Waals surface area contributed by atoms with Crippen molar-refractivity contribution in [1.82, 2.24) is 10.3 Å². The summed E-state index contributed by atoms with van der Waals surface area (Å²) in [5.74, 6) is -2.47. The highest BCUT2D eigenvalue weighted by atomic mass is 79.9. The van der Waals surface area contributed by atoms with E-state index in [9.17, 15) is 13.2 Å². The number of aromatic nitrogens is 1. The van der Waals surface area contributed by atoms with Crippen LogP contribution in [0.1, 0.15) is 17.2 Å². The molecule has 1 N–H and O–H groups in total. The fourth-order valence-corrected chi connectivity index (χ4v) is 2.41. The van der Waals surface area contributed by atoms with Gasteiger partial charge in [0.2, 0.25) is 0 Å². The van der Waals surface area contributed by atoms with E-state index in [-0.39, 0.29) is 4.47 Å². The van der Waals surface area contributed by atoms with Gasteiger partial charge in [0.15, 0.2) is 11.6 Å². The van der Waals surface area contributed by atoms with Crippen LogP contribution in [0.4, 0.5) is 13.2 Å². The topological polar surface area (TPSA) is 24.9 Å². The number of nitrogens with one attached hydrogen (secondary N) is 1. The first-order valence-electron chi connectivity index (χ1n) is 5.46. The molecule has 0 amide bonds. The zero-order valence-corrected chi connectivity index (χ0v) is 11.5. The van der Waals surface area contributed by atoms with Gasteiger partial charge in [-0.05, 0) is 40.7 Å². The van der Waals surface area contributed by atoms with E-state index in [1.165, 1.54) is 18.3 Å². The van der Waals surface area contributed by atoms with E-state index >= 15 is 0 Å². The Morgan fingerprint density at radius 3 is 2.47 bits per heavy atom. The minimum Gasteiger partial charge on any atom is -0.309 e. The number of halogens is 4. The van der Waals surface area contributed by atoms with Gasteiger partial charge in [0.25, 0.3) is 0 Å².